The molecule has 0 aliphatic carbocycles. The van der Waals surface area contributed by atoms with Gasteiger partial charge in [-0.05, 0) is 61.0 Å². The summed E-state index contributed by atoms with van der Waals surface area (Å²) < 4.78 is 103. The first-order valence-corrected chi connectivity index (χ1v) is 18.8. The van der Waals surface area contributed by atoms with Gasteiger partial charge in [0.1, 0.15) is 27.2 Å². The van der Waals surface area contributed by atoms with E-state index in [-0.39, 0.29) is 153 Å². The number of nitrogen functional groups attached to an aromatic ring is 2. The summed E-state index contributed by atoms with van der Waals surface area (Å²) >= 11 is 0.253. The number of rotatable bonds is 19. The minimum atomic E-state index is -5.27. The van der Waals surface area contributed by atoms with Gasteiger partial charge in [-0.3, -0.25) is 18.4 Å². The Labute approximate surface area is 372 Å². The normalized spacial score (nSPS) is 12.0. The summed E-state index contributed by atoms with van der Waals surface area (Å²) in [4.78, 5) is -1.60. The Morgan fingerprint density at radius 3 is 1.58 bits per heavy atom. The largest absolute Gasteiger partial charge is 1.00 e. The first kappa shape index (κ1) is 51.6. The Balaban J connectivity index is 0.00000867. The number of benzene rings is 3. The van der Waals surface area contributed by atoms with Crippen LogP contribution in [0, 0.1) is 6.92 Å². The van der Waals surface area contributed by atoms with Crippen molar-refractivity contribution >= 4 is 88.6 Å². The van der Waals surface area contributed by atoms with E-state index in [1.54, 1.807) is 0 Å². The van der Waals surface area contributed by atoms with Crippen LogP contribution in [-0.4, -0.2) is 54.5 Å². The predicted molar refractivity (Wildman–Crippen MR) is 165 cm³/mol. The second kappa shape index (κ2) is 24.3. The molecule has 0 aromatic heterocycles. The van der Waals surface area contributed by atoms with Crippen molar-refractivity contribution in [2.45, 2.75) is 21.6 Å². The first-order valence-electron chi connectivity index (χ1n) is 12.8. The van der Waals surface area contributed by atoms with Gasteiger partial charge in [-0.1, -0.05) is 0 Å². The van der Waals surface area contributed by atoms with Gasteiger partial charge in [0.15, 0.2) is 44.3 Å². The van der Waals surface area contributed by atoms with Crippen molar-refractivity contribution in [3.63, 3.8) is 0 Å². The fourth-order valence-corrected chi connectivity index (χ4v) is 7.09. The molecule has 0 amide bonds. The van der Waals surface area contributed by atoms with E-state index in [1.807, 2.05) is 0 Å². The summed E-state index contributed by atoms with van der Waals surface area (Å²) in [7, 11) is -13.2. The van der Waals surface area contributed by atoms with Gasteiger partial charge >= 0.3 is 88.7 Å². The second-order valence-corrected chi connectivity index (χ2v) is 15.6. The molecule has 0 aliphatic heterocycles. The van der Waals surface area contributed by atoms with Crippen LogP contribution >= 0.6 is 24.6 Å². The Morgan fingerprint density at radius 2 is 1.10 bits per heavy atom. The zero-order valence-corrected chi connectivity index (χ0v) is 37.6. The standard InChI is InChI=1S/C23H26N6O15S5.3Na/c1-14-22(24)19(28-26-15-2-4-16(5-3-15)47(32,33)10-8-39-45-43-41-30)13-20(23(14)25)29-27-18-7-6-17(12-21(18)49(36,37)38)48(34,35)11-9-40-46-44-42-31;;;/h2-7,12-13,30-31H,8-11,24-25H2,1H3,(H,36,37,38);;;/q;3*+1/p-3. The molecule has 21 nitrogen and oxygen atoms in total. The van der Waals surface area contributed by atoms with Gasteiger partial charge in [0.25, 0.3) is 0 Å². The molecule has 29 heteroatoms. The molecular weight excluding hydrogens is 830 g/mol. The third-order valence-electron chi connectivity index (χ3n) is 6.01. The molecule has 3 rings (SSSR count). The Kier molecular flexibility index (Phi) is 24.2. The molecular formula is C23H23N6Na3O15S5. The second-order valence-electron chi connectivity index (χ2n) is 9.03. The Morgan fingerprint density at radius 1 is 0.654 bits per heavy atom. The van der Waals surface area contributed by atoms with Crippen molar-refractivity contribution in [1.82, 2.24) is 0 Å². The zero-order chi connectivity index (χ0) is 36.2. The monoisotopic (exact) mass is 852 g/mol. The van der Waals surface area contributed by atoms with Crippen LogP contribution in [0.5, 0.6) is 0 Å². The van der Waals surface area contributed by atoms with E-state index in [1.165, 1.54) is 37.3 Å². The molecule has 0 spiro atoms. The quantitative estimate of drug-likeness (QED) is 0.0165. The number of hydrogen-bond acceptors (Lipinski definition) is 23. The average molecular weight is 853 g/mol. The summed E-state index contributed by atoms with van der Waals surface area (Å²) in [5.74, 6) is -1.12. The molecule has 0 atom stereocenters. The van der Waals surface area contributed by atoms with Crippen LogP contribution in [0.25, 0.3) is 0 Å². The zero-order valence-electron chi connectivity index (χ0n) is 27.6. The maximum absolute atomic E-state index is 12.6. The molecule has 268 valence electrons. The molecule has 0 bridgehead atoms. The van der Waals surface area contributed by atoms with Crippen LogP contribution in [0.3, 0.4) is 0 Å². The molecule has 0 unspecified atom stereocenters. The minimum Gasteiger partial charge on any atom is -0.744 e. The van der Waals surface area contributed by atoms with Gasteiger partial charge in [0, 0.05) is 0 Å². The molecule has 52 heavy (non-hydrogen) atoms. The van der Waals surface area contributed by atoms with E-state index in [9.17, 15) is 40.3 Å². The van der Waals surface area contributed by atoms with E-state index in [4.69, 9.17) is 15.7 Å². The van der Waals surface area contributed by atoms with Crippen molar-refractivity contribution in [3.8, 4) is 0 Å². The Bertz CT molecular complexity index is 2010. The smallest absolute Gasteiger partial charge is 0.744 e. The Hall–Kier alpha value is -0.350. The van der Waals surface area contributed by atoms with Crippen LogP contribution in [0.15, 0.2) is 83.7 Å². The summed E-state index contributed by atoms with van der Waals surface area (Å²) in [5.41, 5.74) is 12.3. The molecule has 0 radical (unpaired) electrons. The van der Waals surface area contributed by atoms with Crippen LogP contribution in [-0.2, 0) is 56.9 Å². The summed E-state index contributed by atoms with van der Waals surface area (Å²) in [6, 6.07) is 9.08. The molecule has 0 saturated carbocycles. The molecule has 0 fully saturated rings. The molecule has 0 saturated heterocycles. The third kappa shape index (κ3) is 15.7. The van der Waals surface area contributed by atoms with E-state index in [2.05, 4.69) is 43.4 Å². The number of nitrogens with two attached hydrogens (primary N) is 2. The number of azo groups is 2. The van der Waals surface area contributed by atoms with Crippen LogP contribution in [0.1, 0.15) is 5.56 Å². The average Bonchev–Trinajstić information content (AvgIpc) is 3.06. The number of sulfone groups is 2. The number of hydrogen-bond donors (Lipinski definition) is 2. The molecule has 3 aromatic rings. The fourth-order valence-electron chi connectivity index (χ4n) is 3.54. The van der Waals surface area contributed by atoms with Crippen LogP contribution in [0.2, 0.25) is 0 Å². The van der Waals surface area contributed by atoms with Gasteiger partial charge in [0.2, 0.25) is 0 Å². The maximum Gasteiger partial charge on any atom is 1.00 e. The summed E-state index contributed by atoms with van der Waals surface area (Å²) in [6.07, 6.45) is 0. The molecule has 3 aromatic carbocycles. The summed E-state index contributed by atoms with van der Waals surface area (Å²) in [6.45, 7) is 0.733. The minimum absolute atomic E-state index is 0. The SMILES string of the molecule is Cc1c(N)c(N=Nc2ccc(S(=O)(=O)CCOSOO[O-])cc2)cc(N=Nc2ccc(S(=O)(=O)CCOSOO[O-])cc2S(=O)(=O)[O-])c1N.[Na+].[Na+].[Na+]. The van der Waals surface area contributed by atoms with E-state index < -0.39 is 63.4 Å². The van der Waals surface area contributed by atoms with E-state index >= 15 is 0 Å². The van der Waals surface area contributed by atoms with Crippen molar-refractivity contribution in [2.75, 3.05) is 36.2 Å². The van der Waals surface area contributed by atoms with Gasteiger partial charge in [-0.25, -0.2) is 25.3 Å². The van der Waals surface area contributed by atoms with Gasteiger partial charge < -0.3 is 26.5 Å². The number of nitrogens with zero attached hydrogens (tertiary/aromatic N) is 4. The van der Waals surface area contributed by atoms with Gasteiger partial charge in [-0.15, -0.1) is 24.0 Å². The first-order chi connectivity index (χ1) is 23.1. The van der Waals surface area contributed by atoms with Gasteiger partial charge in [0.05, 0.1) is 56.5 Å². The van der Waals surface area contributed by atoms with Crippen LogP contribution in [0.4, 0.5) is 34.1 Å². The predicted octanol–water partition coefficient (Wildman–Crippen LogP) is -6.94. The van der Waals surface area contributed by atoms with Gasteiger partial charge in [-0.2, -0.15) is 5.11 Å². The van der Waals surface area contributed by atoms with Crippen molar-refractivity contribution < 1.29 is 156 Å². The summed E-state index contributed by atoms with van der Waals surface area (Å²) in [5, 5.41) is 41.4. The van der Waals surface area contributed by atoms with E-state index in [0.717, 1.165) is 12.1 Å². The number of anilines is 2. The molecule has 0 heterocycles. The third-order valence-corrected chi connectivity index (χ3v) is 11.0. The van der Waals surface area contributed by atoms with Crippen LogP contribution < -0.4 is 111 Å². The molecule has 4 N–H and O–H groups in total. The van der Waals surface area contributed by atoms with Crippen molar-refractivity contribution in [1.29, 1.82) is 0 Å². The molecule has 0 aliphatic rings. The fraction of sp³-hybridized carbons (Fsp3) is 0.217. The topological polar surface area (TPSA) is 328 Å². The van der Waals surface area contributed by atoms with E-state index in [0.29, 0.717) is 11.6 Å². The van der Waals surface area contributed by atoms with Crippen molar-refractivity contribution in [2.24, 2.45) is 20.5 Å². The van der Waals surface area contributed by atoms with Crippen molar-refractivity contribution in [3.05, 3.63) is 54.1 Å². The maximum atomic E-state index is 12.6.